The number of phenols is 1. The summed E-state index contributed by atoms with van der Waals surface area (Å²) < 4.78 is 5.55. The molecule has 0 saturated carbocycles. The van der Waals surface area contributed by atoms with E-state index in [-0.39, 0.29) is 0 Å². The van der Waals surface area contributed by atoms with E-state index < -0.39 is 0 Å². The summed E-state index contributed by atoms with van der Waals surface area (Å²) in [6.45, 7) is 6.53. The summed E-state index contributed by atoms with van der Waals surface area (Å²) in [7, 11) is 0. The molecule has 2 rings (SSSR count). The quantitative estimate of drug-likeness (QED) is 0.841. The van der Waals surface area contributed by atoms with Crippen molar-refractivity contribution in [3.8, 4) is 5.75 Å². The van der Waals surface area contributed by atoms with Crippen molar-refractivity contribution in [2.24, 2.45) is 0 Å². The van der Waals surface area contributed by atoms with Crippen LogP contribution in [0.2, 0.25) is 0 Å². The Balaban J connectivity index is 1.86. The number of hydrogen-bond donors (Lipinski definition) is 2. The number of hydrogen-bond acceptors (Lipinski definition) is 3. The Labute approximate surface area is 103 Å². The molecule has 17 heavy (non-hydrogen) atoms. The number of rotatable bonds is 4. The minimum Gasteiger partial charge on any atom is -0.507 e. The number of phenolic OH excluding ortho intramolecular Hbond substituents is 1. The molecule has 1 fully saturated rings. The third kappa shape index (κ3) is 3.20. The summed E-state index contributed by atoms with van der Waals surface area (Å²) in [4.78, 5) is 0. The molecule has 94 valence electrons. The van der Waals surface area contributed by atoms with Crippen molar-refractivity contribution in [1.82, 2.24) is 5.32 Å². The SMILES string of the molecule is Cc1cc(CNCC2CCCO2)cc(C)c1O. The van der Waals surface area contributed by atoms with Crippen LogP contribution >= 0.6 is 0 Å². The fourth-order valence-electron chi connectivity index (χ4n) is 2.33. The molecule has 0 spiro atoms. The van der Waals surface area contributed by atoms with Crippen molar-refractivity contribution in [2.75, 3.05) is 13.2 Å². The van der Waals surface area contributed by atoms with Gasteiger partial charge in [0, 0.05) is 19.7 Å². The van der Waals surface area contributed by atoms with Gasteiger partial charge in [-0.3, -0.25) is 0 Å². The first-order chi connectivity index (χ1) is 8.16. The lowest BCUT2D eigenvalue weighted by molar-refractivity contribution is 0.110. The van der Waals surface area contributed by atoms with Crippen LogP contribution in [0.3, 0.4) is 0 Å². The number of aryl methyl sites for hydroxylation is 2. The molecular weight excluding hydrogens is 214 g/mol. The molecule has 1 heterocycles. The number of ether oxygens (including phenoxy) is 1. The zero-order chi connectivity index (χ0) is 12.3. The lowest BCUT2D eigenvalue weighted by atomic mass is 10.1. The van der Waals surface area contributed by atoms with Crippen LogP contribution in [0.5, 0.6) is 5.75 Å². The van der Waals surface area contributed by atoms with Gasteiger partial charge < -0.3 is 15.2 Å². The Bertz CT molecular complexity index is 361. The predicted octanol–water partition coefficient (Wildman–Crippen LogP) is 2.28. The second-order valence-corrected chi connectivity index (χ2v) is 4.84. The highest BCUT2D eigenvalue weighted by atomic mass is 16.5. The summed E-state index contributed by atoms with van der Waals surface area (Å²) in [5, 5.41) is 13.1. The molecule has 0 aliphatic carbocycles. The maximum Gasteiger partial charge on any atom is 0.121 e. The largest absolute Gasteiger partial charge is 0.507 e. The number of aromatic hydroxyl groups is 1. The fraction of sp³-hybridized carbons (Fsp3) is 0.571. The Morgan fingerprint density at radius 3 is 2.65 bits per heavy atom. The third-order valence-corrected chi connectivity index (χ3v) is 3.28. The van der Waals surface area contributed by atoms with Crippen LogP contribution in [0.25, 0.3) is 0 Å². The van der Waals surface area contributed by atoms with Crippen LogP contribution in [-0.4, -0.2) is 24.4 Å². The molecule has 1 aliphatic heterocycles. The lowest BCUT2D eigenvalue weighted by Gasteiger charge is -2.12. The van der Waals surface area contributed by atoms with Crippen LogP contribution in [-0.2, 0) is 11.3 Å². The number of benzene rings is 1. The van der Waals surface area contributed by atoms with Crippen molar-refractivity contribution in [1.29, 1.82) is 0 Å². The molecule has 3 heteroatoms. The summed E-state index contributed by atoms with van der Waals surface area (Å²) in [5.74, 6) is 0.410. The molecule has 1 saturated heterocycles. The molecule has 1 atom stereocenters. The monoisotopic (exact) mass is 235 g/mol. The highest BCUT2D eigenvalue weighted by Crippen LogP contribution is 2.22. The molecule has 1 aliphatic rings. The fourth-order valence-corrected chi connectivity index (χ4v) is 2.33. The molecule has 1 aromatic rings. The van der Waals surface area contributed by atoms with E-state index in [1.165, 1.54) is 18.4 Å². The van der Waals surface area contributed by atoms with Crippen molar-refractivity contribution in [2.45, 2.75) is 39.3 Å². The molecule has 3 nitrogen and oxygen atoms in total. The standard InChI is InChI=1S/C14H21NO2/c1-10-6-12(7-11(2)14(10)16)8-15-9-13-4-3-5-17-13/h6-7,13,15-16H,3-5,8-9H2,1-2H3. The Kier molecular flexibility index (Phi) is 4.02. The molecule has 0 radical (unpaired) electrons. The summed E-state index contributed by atoms with van der Waals surface area (Å²) in [5.41, 5.74) is 3.11. The van der Waals surface area contributed by atoms with Crippen LogP contribution < -0.4 is 5.32 Å². The highest BCUT2D eigenvalue weighted by Gasteiger charge is 2.14. The van der Waals surface area contributed by atoms with E-state index in [0.29, 0.717) is 11.9 Å². The lowest BCUT2D eigenvalue weighted by Crippen LogP contribution is -2.25. The van der Waals surface area contributed by atoms with Crippen LogP contribution in [0.4, 0.5) is 0 Å². The van der Waals surface area contributed by atoms with Gasteiger partial charge in [0.25, 0.3) is 0 Å². The van der Waals surface area contributed by atoms with Crippen molar-refractivity contribution in [3.63, 3.8) is 0 Å². The highest BCUT2D eigenvalue weighted by molar-refractivity contribution is 5.42. The van der Waals surface area contributed by atoms with Crippen molar-refractivity contribution in [3.05, 3.63) is 28.8 Å². The van der Waals surface area contributed by atoms with Gasteiger partial charge in [-0.1, -0.05) is 12.1 Å². The van der Waals surface area contributed by atoms with Gasteiger partial charge >= 0.3 is 0 Å². The molecular formula is C14H21NO2. The first-order valence-electron chi connectivity index (χ1n) is 6.28. The maximum atomic E-state index is 9.69. The Morgan fingerprint density at radius 2 is 2.06 bits per heavy atom. The topological polar surface area (TPSA) is 41.5 Å². The molecule has 0 bridgehead atoms. The van der Waals surface area contributed by atoms with E-state index in [0.717, 1.165) is 30.8 Å². The maximum absolute atomic E-state index is 9.69. The van der Waals surface area contributed by atoms with Crippen LogP contribution in [0, 0.1) is 13.8 Å². The Hall–Kier alpha value is -1.06. The van der Waals surface area contributed by atoms with Crippen LogP contribution in [0.15, 0.2) is 12.1 Å². The van der Waals surface area contributed by atoms with E-state index in [1.54, 1.807) is 0 Å². The van der Waals surface area contributed by atoms with Gasteiger partial charge in [-0.05, 0) is 43.4 Å². The van der Waals surface area contributed by atoms with Crippen molar-refractivity contribution >= 4 is 0 Å². The first-order valence-corrected chi connectivity index (χ1v) is 6.28. The van der Waals surface area contributed by atoms with Gasteiger partial charge in [-0.25, -0.2) is 0 Å². The first kappa shape index (κ1) is 12.4. The molecule has 2 N–H and O–H groups in total. The van der Waals surface area contributed by atoms with Gasteiger partial charge in [0.05, 0.1) is 6.10 Å². The summed E-state index contributed by atoms with van der Waals surface area (Å²) >= 11 is 0. The van der Waals surface area contributed by atoms with Gasteiger partial charge in [-0.15, -0.1) is 0 Å². The normalized spacial score (nSPS) is 19.8. The average molecular weight is 235 g/mol. The van der Waals surface area contributed by atoms with E-state index in [1.807, 2.05) is 26.0 Å². The van der Waals surface area contributed by atoms with Crippen LogP contribution in [0.1, 0.15) is 29.5 Å². The zero-order valence-electron chi connectivity index (χ0n) is 10.6. The van der Waals surface area contributed by atoms with E-state index in [9.17, 15) is 5.11 Å². The van der Waals surface area contributed by atoms with E-state index in [4.69, 9.17) is 4.74 Å². The second kappa shape index (κ2) is 5.52. The zero-order valence-corrected chi connectivity index (χ0v) is 10.6. The average Bonchev–Trinajstić information content (AvgIpc) is 2.79. The van der Waals surface area contributed by atoms with Gasteiger partial charge in [0.2, 0.25) is 0 Å². The summed E-state index contributed by atoms with van der Waals surface area (Å²) in [6, 6.07) is 4.07. The molecule has 1 unspecified atom stereocenters. The van der Waals surface area contributed by atoms with E-state index in [2.05, 4.69) is 5.32 Å². The smallest absolute Gasteiger partial charge is 0.121 e. The number of nitrogens with one attached hydrogen (secondary N) is 1. The van der Waals surface area contributed by atoms with Gasteiger partial charge in [0.1, 0.15) is 5.75 Å². The molecule has 0 amide bonds. The minimum atomic E-state index is 0.384. The molecule has 0 aromatic heterocycles. The molecule has 1 aromatic carbocycles. The van der Waals surface area contributed by atoms with Gasteiger partial charge in [0.15, 0.2) is 0 Å². The van der Waals surface area contributed by atoms with E-state index >= 15 is 0 Å². The second-order valence-electron chi connectivity index (χ2n) is 4.84. The summed E-state index contributed by atoms with van der Waals surface area (Å²) in [6.07, 6.45) is 2.74. The van der Waals surface area contributed by atoms with Crippen molar-refractivity contribution < 1.29 is 9.84 Å². The third-order valence-electron chi connectivity index (χ3n) is 3.28. The minimum absolute atomic E-state index is 0.384. The Morgan fingerprint density at radius 1 is 1.35 bits per heavy atom. The van der Waals surface area contributed by atoms with Gasteiger partial charge in [-0.2, -0.15) is 0 Å². The predicted molar refractivity (Wildman–Crippen MR) is 68.3 cm³/mol.